The fourth-order valence-corrected chi connectivity index (χ4v) is 3.99. The van der Waals surface area contributed by atoms with E-state index < -0.39 is 5.91 Å². The van der Waals surface area contributed by atoms with Gasteiger partial charge in [0.1, 0.15) is 5.82 Å². The van der Waals surface area contributed by atoms with Gasteiger partial charge in [-0.05, 0) is 30.3 Å². The number of hydrogen-bond acceptors (Lipinski definition) is 3. The van der Waals surface area contributed by atoms with E-state index in [2.05, 4.69) is 4.99 Å². The van der Waals surface area contributed by atoms with E-state index in [1.54, 1.807) is 23.8 Å². The number of amides is 1. The van der Waals surface area contributed by atoms with Crippen molar-refractivity contribution >= 4 is 50.7 Å². The van der Waals surface area contributed by atoms with Crippen LogP contribution in [-0.2, 0) is 11.3 Å². The Labute approximate surface area is 157 Å². The highest BCUT2D eigenvalue weighted by Gasteiger charge is 2.13. The summed E-state index contributed by atoms with van der Waals surface area (Å²) >= 11 is 13.1. The highest BCUT2D eigenvalue weighted by atomic mass is 35.5. The van der Waals surface area contributed by atoms with Crippen LogP contribution in [0.25, 0.3) is 10.2 Å². The molecule has 0 aliphatic carbocycles. The largest absolute Gasteiger partial charge is 0.383 e. The van der Waals surface area contributed by atoms with Crippen LogP contribution in [0.2, 0.25) is 10.0 Å². The number of carbonyl (C=O) groups excluding carboxylic acids is 1. The third-order valence-electron chi connectivity index (χ3n) is 3.48. The second-order valence-corrected chi connectivity index (χ2v) is 7.07. The molecule has 0 spiro atoms. The summed E-state index contributed by atoms with van der Waals surface area (Å²) in [5, 5.41) is 0.696. The van der Waals surface area contributed by atoms with E-state index in [-0.39, 0.29) is 11.4 Å². The number of halogens is 3. The predicted octanol–water partition coefficient (Wildman–Crippen LogP) is 4.54. The van der Waals surface area contributed by atoms with Crippen LogP contribution in [0.4, 0.5) is 4.39 Å². The van der Waals surface area contributed by atoms with Crippen molar-refractivity contribution < 1.29 is 13.9 Å². The van der Waals surface area contributed by atoms with Crippen molar-refractivity contribution in [2.24, 2.45) is 4.99 Å². The van der Waals surface area contributed by atoms with Gasteiger partial charge in [-0.1, -0.05) is 40.6 Å². The summed E-state index contributed by atoms with van der Waals surface area (Å²) in [6.07, 6.45) is 0. The molecule has 0 aliphatic rings. The summed E-state index contributed by atoms with van der Waals surface area (Å²) in [6, 6.07) is 9.30. The van der Waals surface area contributed by atoms with E-state index in [9.17, 15) is 9.18 Å². The summed E-state index contributed by atoms with van der Waals surface area (Å²) < 4.78 is 21.7. The molecule has 0 N–H and O–H groups in total. The zero-order valence-electron chi connectivity index (χ0n) is 13.1. The molecule has 1 aromatic heterocycles. The van der Waals surface area contributed by atoms with E-state index in [1.165, 1.54) is 35.6 Å². The molecular weight excluding hydrogens is 386 g/mol. The minimum absolute atomic E-state index is 0.272. The number of aromatic nitrogens is 1. The first kappa shape index (κ1) is 18.1. The maximum Gasteiger partial charge on any atom is 0.279 e. The van der Waals surface area contributed by atoms with Crippen molar-refractivity contribution in [3.8, 4) is 0 Å². The average molecular weight is 399 g/mol. The summed E-state index contributed by atoms with van der Waals surface area (Å²) in [4.78, 5) is 17.0. The van der Waals surface area contributed by atoms with Gasteiger partial charge >= 0.3 is 0 Å². The van der Waals surface area contributed by atoms with Gasteiger partial charge in [0.15, 0.2) is 4.80 Å². The topological polar surface area (TPSA) is 43.6 Å². The molecule has 1 amide bonds. The molecular formula is C17H13Cl2FN2O2S. The molecule has 8 heteroatoms. The monoisotopic (exact) mass is 398 g/mol. The lowest BCUT2D eigenvalue weighted by atomic mass is 10.2. The van der Waals surface area contributed by atoms with Gasteiger partial charge in [-0.15, -0.1) is 0 Å². The van der Waals surface area contributed by atoms with Gasteiger partial charge in [0.25, 0.3) is 5.91 Å². The third kappa shape index (κ3) is 3.93. The molecule has 3 aromatic rings. The third-order valence-corrected chi connectivity index (χ3v) is 4.96. The van der Waals surface area contributed by atoms with Crippen molar-refractivity contribution in [2.45, 2.75) is 6.54 Å². The number of rotatable bonds is 4. The number of ether oxygens (including phenoxy) is 1. The maximum atomic E-state index is 14.2. The zero-order valence-corrected chi connectivity index (χ0v) is 15.5. The van der Waals surface area contributed by atoms with Gasteiger partial charge in [0, 0.05) is 29.3 Å². The lowest BCUT2D eigenvalue weighted by molar-refractivity contribution is 0.0997. The van der Waals surface area contributed by atoms with Crippen molar-refractivity contribution in [1.29, 1.82) is 0 Å². The Morgan fingerprint density at radius 1 is 1.28 bits per heavy atom. The van der Waals surface area contributed by atoms with Crippen molar-refractivity contribution in [3.63, 3.8) is 0 Å². The number of benzene rings is 2. The number of nitrogens with zero attached hydrogens (tertiary/aromatic N) is 2. The van der Waals surface area contributed by atoms with Crippen LogP contribution in [0.15, 0.2) is 41.4 Å². The zero-order chi connectivity index (χ0) is 18.0. The number of fused-ring (bicyclic) bond motifs is 1. The van der Waals surface area contributed by atoms with Gasteiger partial charge in [-0.2, -0.15) is 4.99 Å². The Kier molecular flexibility index (Phi) is 5.54. The average Bonchev–Trinajstić information content (AvgIpc) is 2.90. The molecule has 4 nitrogen and oxygen atoms in total. The molecule has 0 saturated carbocycles. The molecule has 0 saturated heterocycles. The lowest BCUT2D eigenvalue weighted by Gasteiger charge is -2.05. The molecule has 0 fully saturated rings. The van der Waals surface area contributed by atoms with Crippen LogP contribution in [0.5, 0.6) is 0 Å². The van der Waals surface area contributed by atoms with E-state index in [4.69, 9.17) is 27.9 Å². The fraction of sp³-hybridized carbons (Fsp3) is 0.176. The molecule has 3 rings (SSSR count). The number of methoxy groups -OCH3 is 1. The first-order chi connectivity index (χ1) is 12.0. The standard InChI is InChI=1S/C17H13Cl2FN2O2S/c1-24-6-5-22-15-13(20)3-2-4-14(15)25-17(22)21-16(23)10-7-11(18)9-12(19)8-10/h2-4,7-9H,5-6H2,1H3. The first-order valence-electron chi connectivity index (χ1n) is 7.31. The van der Waals surface area contributed by atoms with Gasteiger partial charge in [0.05, 0.1) is 16.8 Å². The Morgan fingerprint density at radius 2 is 2.00 bits per heavy atom. The van der Waals surface area contributed by atoms with Gasteiger partial charge < -0.3 is 9.30 Å². The molecule has 0 aliphatic heterocycles. The van der Waals surface area contributed by atoms with Crippen LogP contribution < -0.4 is 4.80 Å². The Hall–Kier alpha value is -1.73. The van der Waals surface area contributed by atoms with E-state index in [0.717, 1.165) is 0 Å². The Balaban J connectivity index is 2.14. The maximum absolute atomic E-state index is 14.2. The van der Waals surface area contributed by atoms with Crippen LogP contribution in [0.1, 0.15) is 10.4 Å². The SMILES string of the molecule is COCCn1c(=NC(=O)c2cc(Cl)cc(Cl)c2)sc2cccc(F)c21. The quantitative estimate of drug-likeness (QED) is 0.647. The van der Waals surface area contributed by atoms with Crippen molar-refractivity contribution in [1.82, 2.24) is 4.57 Å². The summed E-state index contributed by atoms with van der Waals surface area (Å²) in [5.74, 6) is -0.868. The molecule has 130 valence electrons. The molecule has 0 unspecified atom stereocenters. The van der Waals surface area contributed by atoms with Gasteiger partial charge in [-0.3, -0.25) is 4.79 Å². The number of para-hydroxylation sites is 1. The second kappa shape index (κ2) is 7.66. The molecule has 2 aromatic carbocycles. The van der Waals surface area contributed by atoms with Crippen LogP contribution in [0.3, 0.4) is 0 Å². The van der Waals surface area contributed by atoms with Gasteiger partial charge in [-0.25, -0.2) is 4.39 Å². The van der Waals surface area contributed by atoms with Crippen molar-refractivity contribution in [3.05, 3.63) is 62.6 Å². The van der Waals surface area contributed by atoms with Crippen LogP contribution >= 0.6 is 34.5 Å². The van der Waals surface area contributed by atoms with Crippen LogP contribution in [-0.4, -0.2) is 24.2 Å². The highest BCUT2D eigenvalue weighted by molar-refractivity contribution is 7.16. The first-order valence-corrected chi connectivity index (χ1v) is 8.89. The number of hydrogen-bond donors (Lipinski definition) is 0. The molecule has 0 atom stereocenters. The Bertz CT molecular complexity index is 993. The molecule has 1 heterocycles. The van der Waals surface area contributed by atoms with Gasteiger partial charge in [0.2, 0.25) is 0 Å². The highest BCUT2D eigenvalue weighted by Crippen LogP contribution is 2.22. The van der Waals surface area contributed by atoms with E-state index in [0.29, 0.717) is 38.2 Å². The summed E-state index contributed by atoms with van der Waals surface area (Å²) in [6.45, 7) is 0.740. The summed E-state index contributed by atoms with van der Waals surface area (Å²) in [5.41, 5.74) is 0.675. The van der Waals surface area contributed by atoms with Crippen molar-refractivity contribution in [2.75, 3.05) is 13.7 Å². The van der Waals surface area contributed by atoms with E-state index in [1.807, 2.05) is 0 Å². The van der Waals surface area contributed by atoms with Crippen LogP contribution in [0, 0.1) is 5.82 Å². The smallest absolute Gasteiger partial charge is 0.279 e. The minimum atomic E-state index is -0.498. The Morgan fingerprint density at radius 3 is 2.68 bits per heavy atom. The second-order valence-electron chi connectivity index (χ2n) is 5.19. The minimum Gasteiger partial charge on any atom is -0.383 e. The van der Waals surface area contributed by atoms with E-state index >= 15 is 0 Å². The number of thiazole rings is 1. The molecule has 0 radical (unpaired) electrons. The molecule has 0 bridgehead atoms. The predicted molar refractivity (Wildman–Crippen MR) is 98.0 cm³/mol. The fourth-order valence-electron chi connectivity index (χ4n) is 2.39. The lowest BCUT2D eigenvalue weighted by Crippen LogP contribution is -2.19. The summed E-state index contributed by atoms with van der Waals surface area (Å²) in [7, 11) is 1.56. The molecule has 25 heavy (non-hydrogen) atoms. The normalized spacial score (nSPS) is 12.1. The number of carbonyl (C=O) groups is 1.